The molecule has 0 amide bonds. The van der Waals surface area contributed by atoms with Gasteiger partial charge in [0.25, 0.3) is 0 Å². The van der Waals surface area contributed by atoms with Crippen LogP contribution in [0.1, 0.15) is 33.4 Å². The fraction of sp³-hybridized carbons (Fsp3) is 0.0526. The smallest absolute Gasteiger partial charge is 0.155 e. The Balaban J connectivity index is 0.0000000964. The predicted octanol–water partition coefficient (Wildman–Crippen LogP) is 31.5. The minimum Gasteiger partial charge on any atom is -0.453 e. The predicted molar refractivity (Wildman–Crippen MR) is 514 cm³/mol. The van der Waals surface area contributed by atoms with Crippen molar-refractivity contribution in [3.05, 3.63) is 470 Å². The zero-order valence-corrected chi connectivity index (χ0v) is 69.1. The number of fused-ring (bicyclic) bond motifs is 16. The highest BCUT2D eigenvalue weighted by Gasteiger charge is 2.34. The van der Waals surface area contributed by atoms with Gasteiger partial charge in [-0.3, -0.25) is 4.90 Å². The van der Waals surface area contributed by atoms with Crippen molar-refractivity contribution in [1.29, 1.82) is 0 Å². The third-order valence-electron chi connectivity index (χ3n) is 22.8. The average Bonchev–Trinajstić information content (AvgIpc) is 1.30. The van der Waals surface area contributed by atoms with Crippen molar-refractivity contribution in [2.24, 2.45) is 0 Å². The van der Waals surface area contributed by atoms with E-state index in [0.717, 1.165) is 45.6 Å². The van der Waals surface area contributed by atoms with Crippen LogP contribution in [0, 0.1) is 41.5 Å². The molecule has 588 valence electrons. The van der Waals surface area contributed by atoms with Gasteiger partial charge in [0.05, 0.1) is 55.5 Å². The van der Waals surface area contributed by atoms with Gasteiger partial charge in [-0.1, -0.05) is 278 Å². The Bertz CT molecular complexity index is 7290. The summed E-state index contributed by atoms with van der Waals surface area (Å²) >= 11 is 0. The average molecular weight is 1580 g/mol. The van der Waals surface area contributed by atoms with Gasteiger partial charge in [-0.05, 0) is 234 Å². The second-order valence-corrected chi connectivity index (χ2v) is 31.3. The lowest BCUT2D eigenvalue weighted by Gasteiger charge is -2.37. The van der Waals surface area contributed by atoms with E-state index in [2.05, 4.69) is 458 Å². The molecular formula is C114H90N6O2. The molecule has 0 aliphatic carbocycles. The summed E-state index contributed by atoms with van der Waals surface area (Å²) in [6.07, 6.45) is 0. The number of nitrogens with zero attached hydrogens (tertiary/aromatic N) is 6. The largest absolute Gasteiger partial charge is 0.453 e. The van der Waals surface area contributed by atoms with Gasteiger partial charge in [-0.15, -0.1) is 0 Å². The van der Waals surface area contributed by atoms with E-state index in [0.29, 0.717) is 0 Å². The first kappa shape index (κ1) is 76.3. The molecule has 0 bridgehead atoms. The Morgan fingerprint density at radius 3 is 0.926 bits per heavy atom. The molecule has 2 aliphatic heterocycles. The minimum absolute atomic E-state index is 0.836. The Labute approximate surface area is 711 Å². The summed E-state index contributed by atoms with van der Waals surface area (Å²) in [4.78, 5) is 4.49. The third kappa shape index (κ3) is 15.0. The maximum absolute atomic E-state index is 6.10. The van der Waals surface area contributed by atoms with Gasteiger partial charge >= 0.3 is 0 Å². The van der Waals surface area contributed by atoms with E-state index in [1.807, 2.05) is 48.5 Å². The molecule has 18 aromatic carbocycles. The van der Waals surface area contributed by atoms with Crippen molar-refractivity contribution in [2.75, 3.05) is 9.80 Å². The summed E-state index contributed by atoms with van der Waals surface area (Å²) in [6, 6.07) is 153. The lowest BCUT2D eigenvalue weighted by atomic mass is 10.1. The number of aromatic nitrogens is 4. The molecule has 4 aromatic heterocycles. The number of rotatable bonds is 7. The molecule has 0 spiro atoms. The standard InChI is InChI=1S/C19H13NO2.4C19H15N.C19H17N/c1-12-10-17-19-18(11-12)22-16-9-5-3-7-14(16)20(19)13-6-2-4-8-15(13)21-17;1-14-7-6-8-15(13-14)20-18-11-4-2-9-16(18)17-10-3-5-12-19(17)20;1-14-10-12-15(13-11-14)20-18-8-4-2-6-16(18)17-7-3-5-9-19(17)20;1-14-11-12-19-17(13-14)16-9-5-6-10-18(16)20(19)15-7-3-2-4-8-15;1-14-11-12-17-16-9-5-6-10-18(16)20(19(17)13-14)15-7-3-2-4-8-15;1-16-12-14-19(15-13-16)20(17-8-4-2-5-9-17)18-10-6-3-7-11-18/h2-11H,1H3;4*2-13H,1H3;2-15H,1H3. The van der Waals surface area contributed by atoms with Crippen molar-refractivity contribution >= 4 is 121 Å². The molecule has 0 unspecified atom stereocenters. The van der Waals surface area contributed by atoms with Crippen LogP contribution in [0.25, 0.3) is 110 Å². The number of aryl methyl sites for hydroxylation is 6. The summed E-state index contributed by atoms with van der Waals surface area (Å²) < 4.78 is 21.6. The summed E-state index contributed by atoms with van der Waals surface area (Å²) in [6.45, 7) is 12.7. The van der Waals surface area contributed by atoms with Gasteiger partial charge in [0, 0.05) is 82.9 Å². The van der Waals surface area contributed by atoms with Crippen molar-refractivity contribution in [1.82, 2.24) is 18.3 Å². The Morgan fingerprint density at radius 2 is 0.484 bits per heavy atom. The van der Waals surface area contributed by atoms with Gasteiger partial charge in [-0.2, -0.15) is 0 Å². The van der Waals surface area contributed by atoms with Crippen molar-refractivity contribution < 1.29 is 9.47 Å². The van der Waals surface area contributed by atoms with E-state index in [1.165, 1.54) is 155 Å². The number of hydrogen-bond acceptors (Lipinski definition) is 4. The SMILES string of the molecule is Cc1cc2c3c(c1)Oc1ccccc1N3c1ccccc1O2.Cc1ccc(-n2c3ccccc3c3ccccc32)cc1.Cc1ccc(N(c2ccccc2)c2ccccc2)cc1.Cc1ccc2c(c1)c1ccccc1n2-c1ccccc1.Cc1ccc2c3ccccc3n(-c3ccccc3)c2c1.Cc1cccc(-n2c3ccccc3c3ccccc32)c1. The molecule has 0 N–H and O–H groups in total. The summed E-state index contributed by atoms with van der Waals surface area (Å²) in [7, 11) is 0. The van der Waals surface area contributed by atoms with Crippen LogP contribution in [0.15, 0.2) is 437 Å². The highest BCUT2D eigenvalue weighted by atomic mass is 16.5. The highest BCUT2D eigenvalue weighted by molar-refractivity contribution is 6.12. The first-order valence-corrected chi connectivity index (χ1v) is 41.7. The van der Waals surface area contributed by atoms with Crippen LogP contribution < -0.4 is 19.3 Å². The zero-order chi connectivity index (χ0) is 82.6. The Kier molecular flexibility index (Phi) is 21.1. The number of para-hydroxylation sites is 14. The molecule has 0 atom stereocenters. The molecule has 6 heterocycles. The summed E-state index contributed by atoms with van der Waals surface area (Å²) in [5.41, 5.74) is 29.1. The number of ether oxygens (including phenoxy) is 2. The first-order chi connectivity index (χ1) is 60.0. The van der Waals surface area contributed by atoms with Crippen LogP contribution >= 0.6 is 0 Å². The molecule has 0 radical (unpaired) electrons. The molecule has 122 heavy (non-hydrogen) atoms. The monoisotopic (exact) mass is 1570 g/mol. The van der Waals surface area contributed by atoms with Crippen LogP contribution in [0.4, 0.5) is 34.1 Å². The Morgan fingerprint density at radius 1 is 0.180 bits per heavy atom. The summed E-state index contributed by atoms with van der Waals surface area (Å²) in [5.74, 6) is 3.40. The Hall–Kier alpha value is -15.6. The van der Waals surface area contributed by atoms with Crippen LogP contribution in [0.3, 0.4) is 0 Å². The van der Waals surface area contributed by atoms with Gasteiger partial charge < -0.3 is 32.6 Å². The second-order valence-electron chi connectivity index (χ2n) is 31.3. The molecule has 24 rings (SSSR count). The molecule has 8 heteroatoms. The third-order valence-corrected chi connectivity index (χ3v) is 22.8. The number of hydrogen-bond donors (Lipinski definition) is 0. The summed E-state index contributed by atoms with van der Waals surface area (Å²) in [5, 5.41) is 10.5. The van der Waals surface area contributed by atoms with E-state index < -0.39 is 0 Å². The molecule has 0 saturated heterocycles. The van der Waals surface area contributed by atoms with E-state index in [1.54, 1.807) is 0 Å². The van der Waals surface area contributed by atoms with E-state index >= 15 is 0 Å². The van der Waals surface area contributed by atoms with E-state index in [-0.39, 0.29) is 0 Å². The molecule has 8 nitrogen and oxygen atoms in total. The fourth-order valence-electron chi connectivity index (χ4n) is 17.2. The van der Waals surface area contributed by atoms with Gasteiger partial charge in [0.2, 0.25) is 0 Å². The maximum Gasteiger partial charge on any atom is 0.155 e. The second kappa shape index (κ2) is 33.8. The van der Waals surface area contributed by atoms with Crippen molar-refractivity contribution in [3.63, 3.8) is 0 Å². The number of anilines is 6. The van der Waals surface area contributed by atoms with E-state index in [4.69, 9.17) is 9.47 Å². The van der Waals surface area contributed by atoms with Crippen LogP contribution in [-0.2, 0) is 0 Å². The molecular weight excluding hydrogens is 1490 g/mol. The quantitative estimate of drug-likeness (QED) is 0.160. The lowest BCUT2D eigenvalue weighted by molar-refractivity contribution is 0.445. The molecule has 2 aliphatic rings. The topological polar surface area (TPSA) is 44.7 Å². The number of benzene rings is 18. The maximum atomic E-state index is 6.10. The van der Waals surface area contributed by atoms with Crippen LogP contribution in [0.2, 0.25) is 0 Å². The van der Waals surface area contributed by atoms with Gasteiger partial charge in [0.15, 0.2) is 23.0 Å². The van der Waals surface area contributed by atoms with Crippen molar-refractivity contribution in [3.8, 4) is 45.7 Å². The normalized spacial score (nSPS) is 11.5. The molecule has 22 aromatic rings. The van der Waals surface area contributed by atoms with Crippen LogP contribution in [0.5, 0.6) is 23.0 Å². The van der Waals surface area contributed by atoms with Crippen LogP contribution in [-0.4, -0.2) is 18.3 Å². The van der Waals surface area contributed by atoms with Gasteiger partial charge in [-0.25, -0.2) is 0 Å². The minimum atomic E-state index is 0.836. The molecule has 0 saturated carbocycles. The first-order valence-electron chi connectivity index (χ1n) is 41.7. The fourth-order valence-corrected chi connectivity index (χ4v) is 17.2. The zero-order valence-electron chi connectivity index (χ0n) is 69.1. The van der Waals surface area contributed by atoms with Crippen molar-refractivity contribution in [2.45, 2.75) is 41.5 Å². The van der Waals surface area contributed by atoms with Gasteiger partial charge in [0.1, 0.15) is 5.69 Å². The van der Waals surface area contributed by atoms with E-state index in [9.17, 15) is 0 Å². The molecule has 0 fully saturated rings. The highest BCUT2D eigenvalue weighted by Crippen LogP contribution is 2.60. The lowest BCUT2D eigenvalue weighted by Crippen LogP contribution is -2.20.